The average Bonchev–Trinajstić information content (AvgIpc) is 2.58. The number of aromatic nitrogens is 2. The van der Waals surface area contributed by atoms with Crippen LogP contribution in [0.3, 0.4) is 0 Å². The quantitative estimate of drug-likeness (QED) is 0.497. The minimum Gasteiger partial charge on any atom is -0.286 e. The Hall–Kier alpha value is -0.970. The van der Waals surface area contributed by atoms with Gasteiger partial charge in [-0.3, -0.25) is 9.11 Å². The summed E-state index contributed by atoms with van der Waals surface area (Å²) in [6.07, 6.45) is 4.10. The molecule has 0 unspecified atom stereocenters. The topological polar surface area (TPSA) is 118 Å². The van der Waals surface area contributed by atoms with Crippen molar-refractivity contribution in [2.75, 3.05) is 11.5 Å². The van der Waals surface area contributed by atoms with Gasteiger partial charge in [-0.1, -0.05) is 0 Å². The molecule has 0 radical (unpaired) electrons. The van der Waals surface area contributed by atoms with Crippen LogP contribution < -0.4 is 4.57 Å². The minimum absolute atomic E-state index is 0.291. The summed E-state index contributed by atoms with van der Waals surface area (Å²) in [5.74, 6) is 0.247. The maximum atomic E-state index is 10.6. The van der Waals surface area contributed by atoms with Crippen LogP contribution in [0.1, 0.15) is 18.7 Å². The fourth-order valence-corrected chi connectivity index (χ4v) is 2.84. The molecule has 1 aromatic rings. The Morgan fingerprint density at radius 3 is 2.20 bits per heavy atom. The van der Waals surface area contributed by atoms with Crippen LogP contribution in [-0.2, 0) is 33.3 Å². The molecule has 8 nitrogen and oxygen atoms in total. The molecule has 0 bridgehead atoms. The van der Waals surface area contributed by atoms with Gasteiger partial charge in [0.05, 0.1) is 24.6 Å². The average molecular weight is 327 g/mol. The van der Waals surface area contributed by atoms with Crippen LogP contribution in [0, 0.1) is 6.92 Å². The smallest absolute Gasteiger partial charge is 0.265 e. The maximum absolute atomic E-state index is 10.6. The van der Waals surface area contributed by atoms with Gasteiger partial charge in [0.15, 0.2) is 0 Å². The maximum Gasteiger partial charge on any atom is 0.265 e. The van der Waals surface area contributed by atoms with Crippen LogP contribution in [-0.4, -0.2) is 42.0 Å². The predicted octanol–water partition coefficient (Wildman–Crippen LogP) is -0.360. The lowest BCUT2D eigenvalue weighted by Gasteiger charge is -2.01. The second kappa shape index (κ2) is 6.66. The van der Waals surface area contributed by atoms with Crippen LogP contribution in [0.15, 0.2) is 12.4 Å². The first-order valence-corrected chi connectivity index (χ1v) is 9.26. The Labute approximate surface area is 118 Å². The Bertz CT molecular complexity index is 592. The predicted molar refractivity (Wildman–Crippen MR) is 71.4 cm³/mol. The SMILES string of the molecule is Cc1n(CCCS(=O)(=O)O)cc[n+]1CCCS(=O)(=O)O. The molecule has 0 saturated carbocycles. The molecule has 20 heavy (non-hydrogen) atoms. The standard InChI is InChI=1S/C10H18N2O6S2/c1-10-11(4-2-8-19(13,14)15)6-7-12(10)5-3-9-20(16,17)18/h6-7H,2-5,8-9H2,1H3,(H-,13,14,15,16,17,18)/p+1. The van der Waals surface area contributed by atoms with Gasteiger partial charge in [0.25, 0.3) is 26.1 Å². The molecule has 0 atom stereocenters. The van der Waals surface area contributed by atoms with Gasteiger partial charge in [-0.05, 0) is 0 Å². The highest BCUT2D eigenvalue weighted by Gasteiger charge is 2.14. The van der Waals surface area contributed by atoms with Crippen LogP contribution in [0.25, 0.3) is 0 Å². The third-order valence-corrected chi connectivity index (χ3v) is 4.47. The van der Waals surface area contributed by atoms with Gasteiger partial charge in [0, 0.05) is 19.8 Å². The first-order valence-electron chi connectivity index (χ1n) is 6.04. The van der Waals surface area contributed by atoms with Gasteiger partial charge in [-0.25, -0.2) is 9.13 Å². The van der Waals surface area contributed by atoms with Gasteiger partial charge < -0.3 is 0 Å². The Balaban J connectivity index is 2.52. The summed E-state index contributed by atoms with van der Waals surface area (Å²) in [5.41, 5.74) is 0. The van der Waals surface area contributed by atoms with Crippen molar-refractivity contribution in [1.29, 1.82) is 0 Å². The normalized spacial score (nSPS) is 12.8. The molecule has 1 aromatic heterocycles. The molecule has 1 heterocycles. The zero-order valence-electron chi connectivity index (χ0n) is 11.1. The molecular formula is C10H19N2O6S2+. The highest BCUT2D eigenvalue weighted by atomic mass is 32.2. The summed E-state index contributed by atoms with van der Waals surface area (Å²) in [6, 6.07) is 0. The second-order valence-electron chi connectivity index (χ2n) is 4.51. The lowest BCUT2D eigenvalue weighted by atomic mass is 10.4. The molecule has 0 aliphatic rings. The van der Waals surface area contributed by atoms with Crippen molar-refractivity contribution in [3.8, 4) is 0 Å². The van der Waals surface area contributed by atoms with Crippen molar-refractivity contribution in [2.24, 2.45) is 0 Å². The van der Waals surface area contributed by atoms with Crippen LogP contribution in [0.2, 0.25) is 0 Å². The molecular weight excluding hydrogens is 308 g/mol. The van der Waals surface area contributed by atoms with Crippen molar-refractivity contribution in [2.45, 2.75) is 32.9 Å². The number of hydrogen-bond acceptors (Lipinski definition) is 4. The molecule has 2 N–H and O–H groups in total. The summed E-state index contributed by atoms with van der Waals surface area (Å²) < 4.78 is 63.3. The monoisotopic (exact) mass is 327 g/mol. The first-order chi connectivity index (χ1) is 9.08. The van der Waals surface area contributed by atoms with Gasteiger partial charge in [0.2, 0.25) is 0 Å². The molecule has 0 saturated heterocycles. The molecule has 10 heteroatoms. The largest absolute Gasteiger partial charge is 0.286 e. The summed E-state index contributed by atoms with van der Waals surface area (Å²) in [4.78, 5) is 0. The van der Waals surface area contributed by atoms with E-state index in [1.165, 1.54) is 0 Å². The van der Waals surface area contributed by atoms with E-state index in [0.29, 0.717) is 25.9 Å². The zero-order valence-corrected chi connectivity index (χ0v) is 12.8. The van der Waals surface area contributed by atoms with E-state index in [-0.39, 0.29) is 11.5 Å². The van der Waals surface area contributed by atoms with Gasteiger partial charge in [0.1, 0.15) is 12.4 Å². The fraction of sp³-hybridized carbons (Fsp3) is 0.700. The number of nitrogens with zero attached hydrogens (tertiary/aromatic N) is 2. The summed E-state index contributed by atoms with van der Waals surface area (Å²) in [5, 5.41) is 0. The van der Waals surface area contributed by atoms with Crippen molar-refractivity contribution < 1.29 is 30.5 Å². The minimum atomic E-state index is -3.95. The van der Waals surface area contributed by atoms with Crippen LogP contribution in [0.4, 0.5) is 0 Å². The molecule has 0 amide bonds. The first kappa shape index (κ1) is 17.1. The van der Waals surface area contributed by atoms with E-state index in [1.807, 2.05) is 16.1 Å². The molecule has 0 aliphatic heterocycles. The molecule has 0 aliphatic carbocycles. The highest BCUT2D eigenvalue weighted by molar-refractivity contribution is 7.86. The Morgan fingerprint density at radius 2 is 1.65 bits per heavy atom. The Kier molecular flexibility index (Phi) is 5.68. The van der Waals surface area contributed by atoms with E-state index >= 15 is 0 Å². The fourth-order valence-electron chi connectivity index (χ4n) is 1.85. The lowest BCUT2D eigenvalue weighted by Crippen LogP contribution is -2.36. The third kappa shape index (κ3) is 6.46. The number of aryl methyl sites for hydroxylation is 2. The highest BCUT2D eigenvalue weighted by Crippen LogP contribution is 1.99. The Morgan fingerprint density at radius 1 is 1.10 bits per heavy atom. The van der Waals surface area contributed by atoms with Crippen LogP contribution in [0.5, 0.6) is 0 Å². The van der Waals surface area contributed by atoms with E-state index in [9.17, 15) is 16.8 Å². The summed E-state index contributed by atoms with van der Waals surface area (Å²) in [6.45, 7) is 2.70. The molecule has 1 rings (SSSR count). The van der Waals surface area contributed by atoms with E-state index in [0.717, 1.165) is 5.82 Å². The van der Waals surface area contributed by atoms with Crippen molar-refractivity contribution in [3.05, 3.63) is 18.2 Å². The van der Waals surface area contributed by atoms with Crippen molar-refractivity contribution in [3.63, 3.8) is 0 Å². The van der Waals surface area contributed by atoms with E-state index in [1.54, 1.807) is 12.4 Å². The second-order valence-corrected chi connectivity index (χ2v) is 7.66. The van der Waals surface area contributed by atoms with Crippen LogP contribution >= 0.6 is 0 Å². The van der Waals surface area contributed by atoms with Gasteiger partial charge >= 0.3 is 0 Å². The van der Waals surface area contributed by atoms with Crippen molar-refractivity contribution in [1.82, 2.24) is 4.57 Å². The van der Waals surface area contributed by atoms with Crippen molar-refractivity contribution >= 4 is 20.2 Å². The van der Waals surface area contributed by atoms with E-state index in [4.69, 9.17) is 9.11 Å². The number of rotatable bonds is 8. The van der Waals surface area contributed by atoms with E-state index in [2.05, 4.69) is 0 Å². The van der Waals surface area contributed by atoms with Gasteiger partial charge in [-0.2, -0.15) is 16.8 Å². The molecule has 0 aromatic carbocycles. The number of imidazole rings is 1. The molecule has 0 spiro atoms. The molecule has 116 valence electrons. The molecule has 0 fully saturated rings. The zero-order chi connectivity index (χ0) is 15.4. The third-order valence-electron chi connectivity index (χ3n) is 2.86. The van der Waals surface area contributed by atoms with E-state index < -0.39 is 20.2 Å². The van der Waals surface area contributed by atoms with Gasteiger partial charge in [-0.15, -0.1) is 0 Å². The summed E-state index contributed by atoms with van der Waals surface area (Å²) >= 11 is 0. The number of hydrogen-bond donors (Lipinski definition) is 2. The lowest BCUT2D eigenvalue weighted by molar-refractivity contribution is -0.702. The summed E-state index contributed by atoms with van der Waals surface area (Å²) in [7, 11) is -7.89.